The van der Waals surface area contributed by atoms with Crippen molar-refractivity contribution in [3.05, 3.63) is 64.8 Å². The Bertz CT molecular complexity index is 964. The minimum absolute atomic E-state index is 0.304. The lowest BCUT2D eigenvalue weighted by atomic mass is 10.0. The third-order valence-corrected chi connectivity index (χ3v) is 5.18. The predicted molar refractivity (Wildman–Crippen MR) is 105 cm³/mol. The lowest BCUT2D eigenvalue weighted by Gasteiger charge is -2.23. The van der Waals surface area contributed by atoms with Gasteiger partial charge in [-0.05, 0) is 61.9 Å². The van der Waals surface area contributed by atoms with Gasteiger partial charge in [-0.3, -0.25) is 0 Å². The van der Waals surface area contributed by atoms with Gasteiger partial charge in [0.1, 0.15) is 5.75 Å². The summed E-state index contributed by atoms with van der Waals surface area (Å²) < 4.78 is 2.37. The van der Waals surface area contributed by atoms with Crippen LogP contribution in [-0.2, 0) is 13.0 Å². The summed E-state index contributed by atoms with van der Waals surface area (Å²) in [5.41, 5.74) is 7.80. The molecule has 25 heavy (non-hydrogen) atoms. The van der Waals surface area contributed by atoms with Crippen LogP contribution < -0.4 is 0 Å². The van der Waals surface area contributed by atoms with Crippen molar-refractivity contribution in [1.29, 1.82) is 0 Å². The first-order valence-electron chi connectivity index (χ1n) is 8.81. The van der Waals surface area contributed by atoms with E-state index in [1.807, 2.05) is 12.1 Å². The molecule has 2 aromatic carbocycles. The molecule has 3 nitrogen and oxygen atoms in total. The Hall–Kier alpha value is -2.52. The summed E-state index contributed by atoms with van der Waals surface area (Å²) in [7, 11) is 2.19. The summed E-state index contributed by atoms with van der Waals surface area (Å²) in [6, 6.07) is 14.2. The maximum Gasteiger partial charge on any atom is 0.115 e. The number of aryl methyl sites for hydroxylation is 1. The Balaban J connectivity index is 1.89. The van der Waals surface area contributed by atoms with Crippen molar-refractivity contribution >= 4 is 22.7 Å². The van der Waals surface area contributed by atoms with E-state index >= 15 is 0 Å². The van der Waals surface area contributed by atoms with Crippen LogP contribution in [-0.4, -0.2) is 28.2 Å². The normalized spacial score (nSPS) is 15.6. The average Bonchev–Trinajstić information content (AvgIpc) is 2.88. The molecule has 0 aliphatic carbocycles. The first-order valence-corrected chi connectivity index (χ1v) is 8.81. The van der Waals surface area contributed by atoms with Crippen LogP contribution in [0.3, 0.4) is 0 Å². The van der Waals surface area contributed by atoms with Crippen LogP contribution in [0, 0.1) is 6.92 Å². The van der Waals surface area contributed by atoms with Crippen molar-refractivity contribution in [1.82, 2.24) is 9.47 Å². The molecule has 0 saturated carbocycles. The van der Waals surface area contributed by atoms with Gasteiger partial charge in [-0.15, -0.1) is 0 Å². The number of fused-ring (bicyclic) bond motifs is 3. The molecule has 2 heterocycles. The lowest BCUT2D eigenvalue weighted by molar-refractivity contribution is 0.312. The second-order valence-corrected chi connectivity index (χ2v) is 7.16. The summed E-state index contributed by atoms with van der Waals surface area (Å²) in [5, 5.41) is 10.9. The Kier molecular flexibility index (Phi) is 3.89. The minimum atomic E-state index is 0.304. The number of aromatic hydroxyl groups is 1. The van der Waals surface area contributed by atoms with E-state index in [0.29, 0.717) is 5.75 Å². The molecule has 0 fully saturated rings. The molecule has 1 aliphatic heterocycles. The van der Waals surface area contributed by atoms with Gasteiger partial charge in [-0.2, -0.15) is 0 Å². The number of phenols is 1. The fourth-order valence-electron chi connectivity index (χ4n) is 3.78. The molecule has 0 amide bonds. The van der Waals surface area contributed by atoms with Crippen molar-refractivity contribution < 1.29 is 5.11 Å². The molecule has 128 valence electrons. The Labute approximate surface area is 148 Å². The summed E-state index contributed by atoms with van der Waals surface area (Å²) in [6.07, 6.45) is 3.31. The number of phenolic OH excluding ortho intramolecular Hbond substituents is 1. The topological polar surface area (TPSA) is 28.4 Å². The molecule has 0 unspecified atom stereocenters. The Morgan fingerprint density at radius 2 is 1.88 bits per heavy atom. The average molecular weight is 332 g/mol. The monoisotopic (exact) mass is 332 g/mol. The number of allylic oxidation sites excluding steroid dienone is 1. The molecule has 3 aromatic rings. The van der Waals surface area contributed by atoms with E-state index in [9.17, 15) is 5.11 Å². The second kappa shape index (κ2) is 6.08. The Morgan fingerprint density at radius 3 is 2.64 bits per heavy atom. The van der Waals surface area contributed by atoms with Gasteiger partial charge in [0.05, 0.1) is 5.52 Å². The number of aromatic nitrogens is 1. The fourth-order valence-corrected chi connectivity index (χ4v) is 3.78. The van der Waals surface area contributed by atoms with E-state index < -0.39 is 0 Å². The maximum atomic E-state index is 9.52. The molecule has 0 saturated heterocycles. The number of benzene rings is 2. The molecule has 0 spiro atoms. The first-order chi connectivity index (χ1) is 12.0. The van der Waals surface area contributed by atoms with Gasteiger partial charge in [0, 0.05) is 36.8 Å². The van der Waals surface area contributed by atoms with E-state index in [4.69, 9.17) is 0 Å². The van der Waals surface area contributed by atoms with E-state index in [0.717, 1.165) is 25.1 Å². The van der Waals surface area contributed by atoms with E-state index in [1.165, 1.54) is 33.3 Å². The molecule has 3 heteroatoms. The smallest absolute Gasteiger partial charge is 0.115 e. The van der Waals surface area contributed by atoms with Crippen LogP contribution >= 0.6 is 0 Å². The highest BCUT2D eigenvalue weighted by molar-refractivity contribution is 5.90. The molecular formula is C22H24N2O. The van der Waals surface area contributed by atoms with E-state index in [1.54, 1.807) is 12.1 Å². The molecule has 4 rings (SSSR count). The van der Waals surface area contributed by atoms with Crippen LogP contribution in [0.25, 0.3) is 22.7 Å². The summed E-state index contributed by atoms with van der Waals surface area (Å²) in [5.74, 6) is 0.304. The second-order valence-electron chi connectivity index (χ2n) is 7.16. The largest absolute Gasteiger partial charge is 0.508 e. The highest BCUT2D eigenvalue weighted by Gasteiger charge is 2.21. The van der Waals surface area contributed by atoms with Crippen LogP contribution in [0.2, 0.25) is 0 Å². The van der Waals surface area contributed by atoms with E-state index in [-0.39, 0.29) is 0 Å². The third kappa shape index (κ3) is 2.85. The molecule has 0 atom stereocenters. The zero-order valence-electron chi connectivity index (χ0n) is 15.1. The van der Waals surface area contributed by atoms with Crippen LogP contribution in [0.15, 0.2) is 42.5 Å². The lowest BCUT2D eigenvalue weighted by Crippen LogP contribution is -2.26. The number of rotatable bonds is 2. The van der Waals surface area contributed by atoms with Crippen molar-refractivity contribution in [3.8, 4) is 5.75 Å². The molecule has 0 bridgehead atoms. The van der Waals surface area contributed by atoms with Gasteiger partial charge in [-0.1, -0.05) is 23.8 Å². The number of hydrogen-bond acceptors (Lipinski definition) is 2. The minimum Gasteiger partial charge on any atom is -0.508 e. The molecule has 1 N–H and O–H groups in total. The zero-order chi connectivity index (χ0) is 17.6. The van der Waals surface area contributed by atoms with Crippen LogP contribution in [0.1, 0.15) is 29.3 Å². The quantitative estimate of drug-likeness (QED) is 0.739. The van der Waals surface area contributed by atoms with Crippen LogP contribution in [0.4, 0.5) is 0 Å². The SMILES string of the molecule is CC(=Cn1c2c(c3cc(C)ccc31)CN(C)CC2)c1ccc(O)cc1. The standard InChI is InChI=1S/C22H24N2O/c1-15-4-9-21-19(12-15)20-14-23(3)11-10-22(20)24(21)13-16(2)17-5-7-18(25)8-6-17/h4-9,12-13,25H,10-11,14H2,1-3H3. The predicted octanol–water partition coefficient (Wildman–Crippen LogP) is 4.66. The highest BCUT2D eigenvalue weighted by atomic mass is 16.3. The molecule has 1 aromatic heterocycles. The highest BCUT2D eigenvalue weighted by Crippen LogP contribution is 2.32. The van der Waals surface area contributed by atoms with Gasteiger partial charge in [-0.25, -0.2) is 0 Å². The van der Waals surface area contributed by atoms with Gasteiger partial charge in [0.2, 0.25) is 0 Å². The van der Waals surface area contributed by atoms with E-state index in [2.05, 4.69) is 54.8 Å². The van der Waals surface area contributed by atoms with Crippen molar-refractivity contribution in [3.63, 3.8) is 0 Å². The number of hydrogen-bond donors (Lipinski definition) is 1. The van der Waals surface area contributed by atoms with Crippen molar-refractivity contribution in [2.24, 2.45) is 0 Å². The first kappa shape index (κ1) is 16.0. The van der Waals surface area contributed by atoms with Crippen LogP contribution in [0.5, 0.6) is 5.75 Å². The van der Waals surface area contributed by atoms with Gasteiger partial charge >= 0.3 is 0 Å². The van der Waals surface area contributed by atoms with Crippen molar-refractivity contribution in [2.75, 3.05) is 13.6 Å². The van der Waals surface area contributed by atoms with Crippen molar-refractivity contribution in [2.45, 2.75) is 26.8 Å². The van der Waals surface area contributed by atoms with Gasteiger partial charge < -0.3 is 14.6 Å². The number of nitrogens with zero attached hydrogens (tertiary/aromatic N) is 2. The summed E-state index contributed by atoms with van der Waals surface area (Å²) in [4.78, 5) is 2.39. The van der Waals surface area contributed by atoms with Gasteiger partial charge in [0.25, 0.3) is 0 Å². The number of likely N-dealkylation sites (N-methyl/N-ethyl adjacent to an activating group) is 1. The molecule has 1 aliphatic rings. The fraction of sp³-hybridized carbons (Fsp3) is 0.273. The third-order valence-electron chi connectivity index (χ3n) is 5.18. The molecular weight excluding hydrogens is 308 g/mol. The van der Waals surface area contributed by atoms with Gasteiger partial charge in [0.15, 0.2) is 0 Å². The Morgan fingerprint density at radius 1 is 1.12 bits per heavy atom. The maximum absolute atomic E-state index is 9.52. The molecule has 0 radical (unpaired) electrons. The zero-order valence-corrected chi connectivity index (χ0v) is 15.1. The summed E-state index contributed by atoms with van der Waals surface area (Å²) in [6.45, 7) is 6.39. The summed E-state index contributed by atoms with van der Waals surface area (Å²) >= 11 is 0.